The lowest BCUT2D eigenvalue weighted by molar-refractivity contribution is -0.146. The van der Waals surface area contributed by atoms with Crippen LogP contribution < -0.4 is 10.1 Å². The first-order valence-electron chi connectivity index (χ1n) is 6.46. The third-order valence-electron chi connectivity index (χ3n) is 2.58. The Labute approximate surface area is 117 Å². The Hall–Kier alpha value is -2.08. The molecule has 1 atom stereocenters. The van der Waals surface area contributed by atoms with Crippen LogP contribution in [0.2, 0.25) is 0 Å². The minimum absolute atomic E-state index is 0.0290. The SMILES string of the molecule is CCCOc1ccc(C(=O)NCC[C@H](O)C(=O)O)cc1. The number of carboxylic acids is 1. The van der Waals surface area contributed by atoms with Crippen molar-refractivity contribution < 1.29 is 24.5 Å². The molecule has 0 aliphatic rings. The predicted molar refractivity (Wildman–Crippen MR) is 72.8 cm³/mol. The summed E-state index contributed by atoms with van der Waals surface area (Å²) in [5, 5.41) is 20.1. The highest BCUT2D eigenvalue weighted by Gasteiger charge is 2.13. The lowest BCUT2D eigenvalue weighted by Crippen LogP contribution is -2.30. The zero-order valence-corrected chi connectivity index (χ0v) is 11.3. The van der Waals surface area contributed by atoms with Crippen LogP contribution in [0.25, 0.3) is 0 Å². The van der Waals surface area contributed by atoms with E-state index in [-0.39, 0.29) is 18.9 Å². The van der Waals surface area contributed by atoms with Crippen LogP contribution in [0.4, 0.5) is 0 Å². The molecule has 0 unspecified atom stereocenters. The fourth-order valence-electron chi connectivity index (χ4n) is 1.47. The minimum atomic E-state index is -1.46. The predicted octanol–water partition coefficient (Wildman–Crippen LogP) is 1.04. The van der Waals surface area contributed by atoms with Gasteiger partial charge in [0.1, 0.15) is 5.75 Å². The van der Waals surface area contributed by atoms with E-state index in [4.69, 9.17) is 14.9 Å². The summed E-state index contributed by atoms with van der Waals surface area (Å²) in [5.41, 5.74) is 0.457. The van der Waals surface area contributed by atoms with Crippen molar-refractivity contribution in [3.63, 3.8) is 0 Å². The van der Waals surface area contributed by atoms with E-state index in [2.05, 4.69) is 5.32 Å². The van der Waals surface area contributed by atoms with Crippen molar-refractivity contribution in [2.45, 2.75) is 25.9 Å². The summed E-state index contributed by atoms with van der Waals surface area (Å²) >= 11 is 0. The van der Waals surface area contributed by atoms with Crippen LogP contribution in [0.1, 0.15) is 30.1 Å². The Morgan fingerprint density at radius 3 is 2.50 bits per heavy atom. The van der Waals surface area contributed by atoms with Crippen LogP contribution in [-0.4, -0.2) is 41.3 Å². The molecule has 0 spiro atoms. The standard InChI is InChI=1S/C14H19NO5/c1-2-9-20-11-5-3-10(4-6-11)13(17)15-8-7-12(16)14(18)19/h3-6,12,16H,2,7-9H2,1H3,(H,15,17)(H,18,19)/t12-/m0/s1. The maximum atomic E-state index is 11.7. The quantitative estimate of drug-likeness (QED) is 0.661. The van der Waals surface area contributed by atoms with Gasteiger partial charge in [0.15, 0.2) is 6.10 Å². The van der Waals surface area contributed by atoms with Gasteiger partial charge >= 0.3 is 5.97 Å². The number of hydrogen-bond donors (Lipinski definition) is 3. The number of aliphatic hydroxyl groups is 1. The number of hydrogen-bond acceptors (Lipinski definition) is 4. The Bertz CT molecular complexity index is 443. The van der Waals surface area contributed by atoms with Gasteiger partial charge in [-0.15, -0.1) is 0 Å². The molecule has 0 heterocycles. The first-order chi connectivity index (χ1) is 9.54. The molecule has 0 radical (unpaired) electrons. The summed E-state index contributed by atoms with van der Waals surface area (Å²) < 4.78 is 5.40. The van der Waals surface area contributed by atoms with Crippen molar-refractivity contribution in [2.24, 2.45) is 0 Å². The number of aliphatic hydroxyl groups excluding tert-OH is 1. The molecule has 6 heteroatoms. The lowest BCUT2D eigenvalue weighted by Gasteiger charge is -2.08. The molecule has 0 fully saturated rings. The van der Waals surface area contributed by atoms with E-state index in [0.717, 1.165) is 6.42 Å². The van der Waals surface area contributed by atoms with Gasteiger partial charge in [-0.25, -0.2) is 4.79 Å². The third-order valence-corrected chi connectivity index (χ3v) is 2.58. The zero-order chi connectivity index (χ0) is 15.0. The molecule has 6 nitrogen and oxygen atoms in total. The van der Waals surface area contributed by atoms with Crippen LogP contribution in [0.15, 0.2) is 24.3 Å². The van der Waals surface area contributed by atoms with Crippen molar-refractivity contribution in [1.29, 1.82) is 0 Å². The normalized spacial score (nSPS) is 11.7. The second kappa shape index (κ2) is 8.16. The summed E-state index contributed by atoms with van der Waals surface area (Å²) in [5.74, 6) is -0.911. The maximum Gasteiger partial charge on any atom is 0.332 e. The van der Waals surface area contributed by atoms with Crippen LogP contribution in [0.5, 0.6) is 5.75 Å². The van der Waals surface area contributed by atoms with E-state index < -0.39 is 12.1 Å². The number of nitrogens with one attached hydrogen (secondary N) is 1. The highest BCUT2D eigenvalue weighted by atomic mass is 16.5. The number of rotatable bonds is 8. The molecule has 1 aromatic rings. The number of aliphatic carboxylic acids is 1. The first kappa shape index (κ1) is 16.0. The number of carbonyl (C=O) groups excluding carboxylic acids is 1. The van der Waals surface area contributed by atoms with Gasteiger partial charge in [-0.3, -0.25) is 4.79 Å². The summed E-state index contributed by atoms with van der Waals surface area (Å²) in [4.78, 5) is 22.1. The highest BCUT2D eigenvalue weighted by Crippen LogP contribution is 2.12. The first-order valence-corrected chi connectivity index (χ1v) is 6.46. The van der Waals surface area contributed by atoms with E-state index in [0.29, 0.717) is 17.9 Å². The van der Waals surface area contributed by atoms with E-state index in [1.54, 1.807) is 24.3 Å². The summed E-state index contributed by atoms with van der Waals surface area (Å²) in [7, 11) is 0. The van der Waals surface area contributed by atoms with Crippen molar-refractivity contribution in [2.75, 3.05) is 13.2 Å². The van der Waals surface area contributed by atoms with Crippen molar-refractivity contribution in [3.8, 4) is 5.75 Å². The van der Waals surface area contributed by atoms with Gasteiger partial charge in [-0.2, -0.15) is 0 Å². The molecule has 0 aliphatic carbocycles. The zero-order valence-electron chi connectivity index (χ0n) is 11.3. The van der Waals surface area contributed by atoms with Gasteiger partial charge in [0.2, 0.25) is 0 Å². The topological polar surface area (TPSA) is 95.9 Å². The summed E-state index contributed by atoms with van der Waals surface area (Å²) in [6, 6.07) is 6.68. The summed E-state index contributed by atoms with van der Waals surface area (Å²) in [6.45, 7) is 2.73. The van der Waals surface area contributed by atoms with Gasteiger partial charge in [0.25, 0.3) is 5.91 Å². The molecule has 110 valence electrons. The number of carboxylic acid groups (broad SMARTS) is 1. The molecular formula is C14H19NO5. The average molecular weight is 281 g/mol. The van der Waals surface area contributed by atoms with Crippen molar-refractivity contribution in [3.05, 3.63) is 29.8 Å². The molecular weight excluding hydrogens is 262 g/mol. The second-order valence-corrected chi connectivity index (χ2v) is 4.27. The summed E-state index contributed by atoms with van der Waals surface area (Å²) in [6.07, 6.45) is -0.576. The maximum absolute atomic E-state index is 11.7. The molecule has 0 bridgehead atoms. The highest BCUT2D eigenvalue weighted by molar-refractivity contribution is 5.94. The van der Waals surface area contributed by atoms with Gasteiger partial charge in [0.05, 0.1) is 6.61 Å². The van der Waals surface area contributed by atoms with Crippen molar-refractivity contribution >= 4 is 11.9 Å². The Morgan fingerprint density at radius 2 is 1.95 bits per heavy atom. The van der Waals surface area contributed by atoms with E-state index >= 15 is 0 Å². The molecule has 0 aliphatic heterocycles. The van der Waals surface area contributed by atoms with Gasteiger partial charge in [-0.05, 0) is 30.7 Å². The lowest BCUT2D eigenvalue weighted by atomic mass is 10.2. The number of ether oxygens (including phenoxy) is 1. The molecule has 0 aromatic heterocycles. The molecule has 20 heavy (non-hydrogen) atoms. The van der Waals surface area contributed by atoms with Gasteiger partial charge in [0, 0.05) is 18.5 Å². The average Bonchev–Trinajstić information content (AvgIpc) is 2.45. The number of carbonyl (C=O) groups is 2. The molecule has 1 aromatic carbocycles. The Balaban J connectivity index is 2.41. The minimum Gasteiger partial charge on any atom is -0.494 e. The fraction of sp³-hybridized carbons (Fsp3) is 0.429. The Kier molecular flexibility index (Phi) is 6.52. The molecule has 3 N–H and O–H groups in total. The fourth-order valence-corrected chi connectivity index (χ4v) is 1.47. The van der Waals surface area contributed by atoms with Crippen LogP contribution in [0, 0.1) is 0 Å². The van der Waals surface area contributed by atoms with Crippen LogP contribution >= 0.6 is 0 Å². The molecule has 1 amide bonds. The largest absolute Gasteiger partial charge is 0.494 e. The monoisotopic (exact) mass is 281 g/mol. The van der Waals surface area contributed by atoms with Crippen LogP contribution in [-0.2, 0) is 4.79 Å². The smallest absolute Gasteiger partial charge is 0.332 e. The van der Waals surface area contributed by atoms with Gasteiger partial charge in [-0.1, -0.05) is 6.92 Å². The van der Waals surface area contributed by atoms with Crippen LogP contribution in [0.3, 0.4) is 0 Å². The number of amides is 1. The van der Waals surface area contributed by atoms with E-state index in [1.807, 2.05) is 6.92 Å². The van der Waals surface area contributed by atoms with Gasteiger partial charge < -0.3 is 20.3 Å². The molecule has 0 saturated heterocycles. The number of benzene rings is 1. The molecule has 1 rings (SSSR count). The van der Waals surface area contributed by atoms with E-state index in [1.165, 1.54) is 0 Å². The van der Waals surface area contributed by atoms with E-state index in [9.17, 15) is 9.59 Å². The molecule has 0 saturated carbocycles. The van der Waals surface area contributed by atoms with Crippen molar-refractivity contribution in [1.82, 2.24) is 5.32 Å². The second-order valence-electron chi connectivity index (χ2n) is 4.27. The Morgan fingerprint density at radius 1 is 1.30 bits per heavy atom. The third kappa shape index (κ3) is 5.27.